The van der Waals surface area contributed by atoms with Crippen LogP contribution in [0.15, 0.2) is 24.3 Å². The Morgan fingerprint density at radius 2 is 1.82 bits per heavy atom. The van der Waals surface area contributed by atoms with E-state index in [-0.39, 0.29) is 5.82 Å². The number of hydrogen-bond donors (Lipinski definition) is 2. The highest BCUT2D eigenvalue weighted by Crippen LogP contribution is 2.06. The molecule has 1 rings (SSSR count). The number of halogens is 1. The minimum absolute atomic E-state index is 0.109. The molecule has 1 aromatic carbocycles. The number of hydrogen-bond acceptors (Lipinski definition) is 2. The van der Waals surface area contributed by atoms with Crippen LogP contribution in [0.25, 0.3) is 0 Å². The fourth-order valence-electron chi connectivity index (χ4n) is 1.64. The second-order valence-electron chi connectivity index (χ2n) is 4.76. The van der Waals surface area contributed by atoms with E-state index in [2.05, 4.69) is 31.4 Å². The number of nitrogens with one attached hydrogen (secondary N) is 2. The summed E-state index contributed by atoms with van der Waals surface area (Å²) in [7, 11) is 0. The lowest BCUT2D eigenvalue weighted by Gasteiger charge is -2.16. The van der Waals surface area contributed by atoms with Crippen molar-refractivity contribution in [1.29, 1.82) is 0 Å². The van der Waals surface area contributed by atoms with Crippen LogP contribution in [0.1, 0.15) is 26.3 Å². The van der Waals surface area contributed by atoms with E-state index < -0.39 is 0 Å². The van der Waals surface area contributed by atoms with E-state index in [1.54, 1.807) is 6.07 Å². The quantitative estimate of drug-likeness (QED) is 0.762. The van der Waals surface area contributed by atoms with Crippen molar-refractivity contribution in [3.05, 3.63) is 35.6 Å². The second kappa shape index (κ2) is 7.41. The lowest BCUT2D eigenvalue weighted by Crippen LogP contribution is -2.39. The molecule has 0 aliphatic carbocycles. The van der Waals surface area contributed by atoms with E-state index in [4.69, 9.17) is 0 Å². The van der Waals surface area contributed by atoms with Crippen molar-refractivity contribution in [2.24, 2.45) is 0 Å². The van der Waals surface area contributed by atoms with Gasteiger partial charge in [-0.1, -0.05) is 32.0 Å². The Labute approximate surface area is 104 Å². The molecule has 0 aromatic heterocycles. The van der Waals surface area contributed by atoms with Gasteiger partial charge >= 0.3 is 0 Å². The van der Waals surface area contributed by atoms with Crippen molar-refractivity contribution in [2.45, 2.75) is 39.3 Å². The van der Waals surface area contributed by atoms with Gasteiger partial charge in [-0.2, -0.15) is 0 Å². The SMILES string of the molecule is CC(C)NCC(C)NCCc1ccccc1F. The first kappa shape index (κ1) is 14.1. The summed E-state index contributed by atoms with van der Waals surface area (Å²) < 4.78 is 13.3. The van der Waals surface area contributed by atoms with E-state index in [0.29, 0.717) is 12.1 Å². The van der Waals surface area contributed by atoms with Crippen LogP contribution < -0.4 is 10.6 Å². The Bertz CT molecular complexity index is 326. The van der Waals surface area contributed by atoms with E-state index in [1.165, 1.54) is 6.07 Å². The predicted octanol–water partition coefficient (Wildman–Crippen LogP) is 2.34. The maximum absolute atomic E-state index is 13.3. The zero-order valence-corrected chi connectivity index (χ0v) is 11.0. The smallest absolute Gasteiger partial charge is 0.126 e. The molecule has 2 N–H and O–H groups in total. The standard InChI is InChI=1S/C14H23FN2/c1-11(2)17-10-12(3)16-9-8-13-6-4-5-7-14(13)15/h4-7,11-12,16-17H,8-10H2,1-3H3. The van der Waals surface area contributed by atoms with Crippen LogP contribution >= 0.6 is 0 Å². The van der Waals surface area contributed by atoms with Gasteiger partial charge in [0.25, 0.3) is 0 Å². The summed E-state index contributed by atoms with van der Waals surface area (Å²) in [5, 5.41) is 6.75. The highest BCUT2D eigenvalue weighted by molar-refractivity contribution is 5.17. The average molecular weight is 238 g/mol. The van der Waals surface area contributed by atoms with Gasteiger partial charge in [-0.05, 0) is 31.5 Å². The molecule has 2 nitrogen and oxygen atoms in total. The first-order valence-electron chi connectivity index (χ1n) is 6.29. The molecule has 0 saturated heterocycles. The maximum Gasteiger partial charge on any atom is 0.126 e. The molecule has 0 aliphatic rings. The highest BCUT2D eigenvalue weighted by Gasteiger charge is 2.03. The molecule has 1 aromatic rings. The Kier molecular flexibility index (Phi) is 6.16. The fourth-order valence-corrected chi connectivity index (χ4v) is 1.64. The Hall–Kier alpha value is -0.930. The Morgan fingerprint density at radius 1 is 1.12 bits per heavy atom. The third kappa shape index (κ3) is 5.80. The number of benzene rings is 1. The van der Waals surface area contributed by atoms with Crippen molar-refractivity contribution in [2.75, 3.05) is 13.1 Å². The summed E-state index contributed by atoms with van der Waals surface area (Å²) in [5.41, 5.74) is 0.781. The fraction of sp³-hybridized carbons (Fsp3) is 0.571. The molecule has 0 spiro atoms. The van der Waals surface area contributed by atoms with Crippen molar-refractivity contribution >= 4 is 0 Å². The minimum Gasteiger partial charge on any atom is -0.313 e. The third-order valence-corrected chi connectivity index (χ3v) is 2.68. The summed E-state index contributed by atoms with van der Waals surface area (Å²) in [6.07, 6.45) is 0.735. The van der Waals surface area contributed by atoms with Gasteiger partial charge in [-0.3, -0.25) is 0 Å². The van der Waals surface area contributed by atoms with Gasteiger partial charge in [0.15, 0.2) is 0 Å². The second-order valence-corrected chi connectivity index (χ2v) is 4.76. The highest BCUT2D eigenvalue weighted by atomic mass is 19.1. The van der Waals surface area contributed by atoms with Crippen molar-refractivity contribution in [1.82, 2.24) is 10.6 Å². The lowest BCUT2D eigenvalue weighted by atomic mass is 10.1. The van der Waals surface area contributed by atoms with Gasteiger partial charge in [0.2, 0.25) is 0 Å². The molecule has 0 saturated carbocycles. The molecule has 0 heterocycles. The van der Waals surface area contributed by atoms with Crippen LogP contribution in [0.4, 0.5) is 4.39 Å². The zero-order chi connectivity index (χ0) is 12.7. The van der Waals surface area contributed by atoms with Crippen LogP contribution in [0.2, 0.25) is 0 Å². The summed E-state index contributed by atoms with van der Waals surface area (Å²) in [4.78, 5) is 0. The van der Waals surface area contributed by atoms with Crippen molar-refractivity contribution in [3.8, 4) is 0 Å². The molecule has 17 heavy (non-hydrogen) atoms. The summed E-state index contributed by atoms with van der Waals surface area (Å²) in [6.45, 7) is 8.14. The molecule has 0 radical (unpaired) electrons. The number of rotatable bonds is 7. The van der Waals surface area contributed by atoms with E-state index >= 15 is 0 Å². The zero-order valence-electron chi connectivity index (χ0n) is 11.0. The Morgan fingerprint density at radius 3 is 2.47 bits per heavy atom. The van der Waals surface area contributed by atoms with Crippen LogP contribution in [-0.2, 0) is 6.42 Å². The molecular formula is C14H23FN2. The third-order valence-electron chi connectivity index (χ3n) is 2.68. The molecule has 3 heteroatoms. The molecule has 1 atom stereocenters. The molecule has 0 bridgehead atoms. The molecule has 1 unspecified atom stereocenters. The van der Waals surface area contributed by atoms with E-state index in [9.17, 15) is 4.39 Å². The molecule has 0 aliphatic heterocycles. The van der Waals surface area contributed by atoms with Gasteiger partial charge in [-0.15, -0.1) is 0 Å². The van der Waals surface area contributed by atoms with Gasteiger partial charge in [0, 0.05) is 18.6 Å². The van der Waals surface area contributed by atoms with Gasteiger partial charge in [0.05, 0.1) is 0 Å². The average Bonchev–Trinajstić information content (AvgIpc) is 2.29. The molecule has 0 fully saturated rings. The summed E-state index contributed by atoms with van der Waals surface area (Å²) >= 11 is 0. The normalized spacial score (nSPS) is 13.0. The monoisotopic (exact) mass is 238 g/mol. The molecule has 0 amide bonds. The van der Waals surface area contributed by atoms with Gasteiger partial charge < -0.3 is 10.6 Å². The van der Waals surface area contributed by atoms with Crippen LogP contribution in [0.3, 0.4) is 0 Å². The van der Waals surface area contributed by atoms with E-state index in [1.807, 2.05) is 12.1 Å². The van der Waals surface area contributed by atoms with Crippen molar-refractivity contribution in [3.63, 3.8) is 0 Å². The van der Waals surface area contributed by atoms with Crippen LogP contribution in [0, 0.1) is 5.82 Å². The lowest BCUT2D eigenvalue weighted by molar-refractivity contribution is 0.474. The van der Waals surface area contributed by atoms with Gasteiger partial charge in [-0.25, -0.2) is 4.39 Å². The topological polar surface area (TPSA) is 24.1 Å². The summed E-state index contributed by atoms with van der Waals surface area (Å²) in [5.74, 6) is -0.109. The largest absolute Gasteiger partial charge is 0.313 e. The van der Waals surface area contributed by atoms with Crippen LogP contribution in [0.5, 0.6) is 0 Å². The van der Waals surface area contributed by atoms with E-state index in [0.717, 1.165) is 25.1 Å². The Balaban J connectivity index is 2.21. The first-order chi connectivity index (χ1) is 8.09. The maximum atomic E-state index is 13.3. The van der Waals surface area contributed by atoms with Crippen molar-refractivity contribution < 1.29 is 4.39 Å². The van der Waals surface area contributed by atoms with Gasteiger partial charge in [0.1, 0.15) is 5.82 Å². The van der Waals surface area contributed by atoms with Crippen LogP contribution in [-0.4, -0.2) is 25.2 Å². The molecule has 96 valence electrons. The molecular weight excluding hydrogens is 215 g/mol. The predicted molar refractivity (Wildman–Crippen MR) is 70.7 cm³/mol. The first-order valence-corrected chi connectivity index (χ1v) is 6.29. The minimum atomic E-state index is -0.109. The summed E-state index contributed by atoms with van der Waals surface area (Å²) in [6, 6.07) is 7.87.